The van der Waals surface area contributed by atoms with Crippen LogP contribution in [-0.4, -0.2) is 11.2 Å². The summed E-state index contributed by atoms with van der Waals surface area (Å²) in [4.78, 5) is 3.98. The van der Waals surface area contributed by atoms with E-state index < -0.39 is 0 Å². The fraction of sp³-hybridized carbons (Fsp3) is 0. The third-order valence-corrected chi connectivity index (χ3v) is 2.75. The Morgan fingerprint density at radius 3 is 2.76 bits per heavy atom. The molecule has 2 aromatic rings. The van der Waals surface area contributed by atoms with Gasteiger partial charge in [0.05, 0.1) is 21.9 Å². The van der Waals surface area contributed by atoms with E-state index in [4.69, 9.17) is 23.2 Å². The second-order valence-electron chi connectivity index (χ2n) is 3.29. The van der Waals surface area contributed by atoms with Gasteiger partial charge >= 0.3 is 0 Å². The van der Waals surface area contributed by atoms with E-state index in [1.807, 2.05) is 12.1 Å². The Bertz CT molecular complexity index is 527. The van der Waals surface area contributed by atoms with Crippen molar-refractivity contribution in [1.29, 1.82) is 0 Å². The molecule has 0 radical (unpaired) electrons. The average molecular weight is 266 g/mol. The molecule has 3 nitrogen and oxygen atoms in total. The Morgan fingerprint density at radius 2 is 2.06 bits per heavy atom. The Morgan fingerprint density at radius 1 is 1.18 bits per heavy atom. The number of anilines is 1. The normalized spacial score (nSPS) is 10.7. The Kier molecular flexibility index (Phi) is 3.96. The lowest BCUT2D eigenvalue weighted by Gasteiger charge is -2.01. The van der Waals surface area contributed by atoms with Gasteiger partial charge < -0.3 is 0 Å². The van der Waals surface area contributed by atoms with Crippen LogP contribution in [0.4, 0.5) is 5.69 Å². The highest BCUT2D eigenvalue weighted by Crippen LogP contribution is 2.24. The van der Waals surface area contributed by atoms with E-state index in [1.165, 1.54) is 0 Å². The minimum Gasteiger partial charge on any atom is -0.278 e. The molecule has 1 N–H and O–H groups in total. The summed E-state index contributed by atoms with van der Waals surface area (Å²) in [6.07, 6.45) is 5.11. The summed E-state index contributed by atoms with van der Waals surface area (Å²) in [5.41, 5.74) is 4.55. The largest absolute Gasteiger partial charge is 0.278 e. The van der Waals surface area contributed by atoms with Gasteiger partial charge in [-0.15, -0.1) is 0 Å². The summed E-state index contributed by atoms with van der Waals surface area (Å²) < 4.78 is 0. The highest BCUT2D eigenvalue weighted by molar-refractivity contribution is 6.42. The van der Waals surface area contributed by atoms with Crippen molar-refractivity contribution in [2.45, 2.75) is 0 Å². The van der Waals surface area contributed by atoms with Crippen LogP contribution in [0.15, 0.2) is 47.8 Å². The maximum atomic E-state index is 5.88. The second kappa shape index (κ2) is 5.66. The van der Waals surface area contributed by atoms with Crippen LogP contribution in [0.1, 0.15) is 5.56 Å². The fourth-order valence-electron chi connectivity index (χ4n) is 1.20. The van der Waals surface area contributed by atoms with Crippen LogP contribution >= 0.6 is 23.2 Å². The summed E-state index contributed by atoms with van der Waals surface area (Å²) in [6.45, 7) is 0. The number of hydrazone groups is 1. The molecule has 0 aliphatic carbocycles. The molecule has 17 heavy (non-hydrogen) atoms. The number of aromatic nitrogens is 1. The van der Waals surface area contributed by atoms with Crippen LogP contribution < -0.4 is 5.43 Å². The quantitative estimate of drug-likeness (QED) is 0.677. The van der Waals surface area contributed by atoms with Crippen molar-refractivity contribution in [3.05, 3.63) is 58.3 Å². The predicted molar refractivity (Wildman–Crippen MR) is 71.9 cm³/mol. The average Bonchev–Trinajstić information content (AvgIpc) is 2.35. The lowest BCUT2D eigenvalue weighted by atomic mass is 10.3. The van der Waals surface area contributed by atoms with Gasteiger partial charge in [0, 0.05) is 18.0 Å². The van der Waals surface area contributed by atoms with Gasteiger partial charge in [0.2, 0.25) is 0 Å². The minimum absolute atomic E-state index is 0.494. The molecule has 0 aliphatic heterocycles. The van der Waals surface area contributed by atoms with Crippen molar-refractivity contribution < 1.29 is 0 Å². The van der Waals surface area contributed by atoms with Gasteiger partial charge in [-0.3, -0.25) is 10.4 Å². The second-order valence-corrected chi connectivity index (χ2v) is 4.10. The first-order valence-corrected chi connectivity index (χ1v) is 5.65. The van der Waals surface area contributed by atoms with Crippen molar-refractivity contribution in [3.8, 4) is 0 Å². The number of nitrogens with one attached hydrogen (secondary N) is 1. The molecule has 0 amide bonds. The molecule has 0 unspecified atom stereocenters. The van der Waals surface area contributed by atoms with Crippen molar-refractivity contribution >= 4 is 35.1 Å². The van der Waals surface area contributed by atoms with E-state index in [-0.39, 0.29) is 0 Å². The molecule has 0 saturated heterocycles. The van der Waals surface area contributed by atoms with Gasteiger partial charge in [-0.1, -0.05) is 29.3 Å². The van der Waals surface area contributed by atoms with Crippen molar-refractivity contribution in [1.82, 2.24) is 4.98 Å². The van der Waals surface area contributed by atoms with Crippen molar-refractivity contribution in [2.75, 3.05) is 5.43 Å². The first-order valence-electron chi connectivity index (χ1n) is 4.90. The molecule has 1 aromatic heterocycles. The molecule has 2 rings (SSSR count). The molecule has 0 saturated carbocycles. The zero-order valence-corrected chi connectivity index (χ0v) is 10.3. The van der Waals surface area contributed by atoms with E-state index in [2.05, 4.69) is 15.5 Å². The summed E-state index contributed by atoms with van der Waals surface area (Å²) in [7, 11) is 0. The highest BCUT2D eigenvalue weighted by atomic mass is 35.5. The molecular weight excluding hydrogens is 257 g/mol. The van der Waals surface area contributed by atoms with Crippen LogP contribution in [0.5, 0.6) is 0 Å². The van der Waals surface area contributed by atoms with E-state index >= 15 is 0 Å². The lowest BCUT2D eigenvalue weighted by molar-refractivity contribution is 1.30. The highest BCUT2D eigenvalue weighted by Gasteiger charge is 1.97. The number of halogens is 2. The first kappa shape index (κ1) is 11.9. The summed E-state index contributed by atoms with van der Waals surface area (Å²) in [5, 5.41) is 5.08. The zero-order chi connectivity index (χ0) is 12.1. The van der Waals surface area contributed by atoms with Crippen LogP contribution in [0, 0.1) is 0 Å². The van der Waals surface area contributed by atoms with Gasteiger partial charge in [0.15, 0.2) is 0 Å². The van der Waals surface area contributed by atoms with Gasteiger partial charge in [-0.2, -0.15) is 5.10 Å². The standard InChI is InChI=1S/C12H9Cl2N3/c13-11-4-3-10(6-12(11)14)17-16-8-9-2-1-5-15-7-9/h1-8,17H/b16-8-. The number of nitrogens with zero attached hydrogens (tertiary/aromatic N) is 2. The van der Waals surface area contributed by atoms with Crippen molar-refractivity contribution in [2.24, 2.45) is 5.10 Å². The molecule has 5 heteroatoms. The molecule has 0 bridgehead atoms. The fourth-order valence-corrected chi connectivity index (χ4v) is 1.50. The third-order valence-electron chi connectivity index (χ3n) is 2.01. The molecule has 0 fully saturated rings. The molecule has 0 atom stereocenters. The molecule has 0 aliphatic rings. The van der Waals surface area contributed by atoms with E-state index in [1.54, 1.807) is 36.8 Å². The van der Waals surface area contributed by atoms with Crippen LogP contribution in [0.25, 0.3) is 0 Å². The Labute approximate surface area is 109 Å². The first-order chi connectivity index (χ1) is 8.25. The third kappa shape index (κ3) is 3.44. The maximum absolute atomic E-state index is 5.88. The van der Waals surface area contributed by atoms with Gasteiger partial charge in [0.25, 0.3) is 0 Å². The minimum atomic E-state index is 0.494. The van der Waals surface area contributed by atoms with Crippen LogP contribution in [-0.2, 0) is 0 Å². The molecule has 1 heterocycles. The molecule has 1 aromatic carbocycles. The smallest absolute Gasteiger partial charge is 0.0613 e. The van der Waals surface area contributed by atoms with Gasteiger partial charge in [0.1, 0.15) is 0 Å². The maximum Gasteiger partial charge on any atom is 0.0613 e. The molecule has 86 valence electrons. The number of benzene rings is 1. The van der Waals surface area contributed by atoms with E-state index in [0.29, 0.717) is 10.0 Å². The monoisotopic (exact) mass is 265 g/mol. The van der Waals surface area contributed by atoms with Crippen molar-refractivity contribution in [3.63, 3.8) is 0 Å². The molecule has 0 spiro atoms. The summed E-state index contributed by atoms with van der Waals surface area (Å²) in [6, 6.07) is 8.98. The Balaban J connectivity index is 2.03. The van der Waals surface area contributed by atoms with Gasteiger partial charge in [-0.25, -0.2) is 0 Å². The topological polar surface area (TPSA) is 37.3 Å². The van der Waals surface area contributed by atoms with Crippen LogP contribution in [0.2, 0.25) is 10.0 Å². The zero-order valence-electron chi connectivity index (χ0n) is 8.77. The molecular formula is C12H9Cl2N3. The number of pyridine rings is 1. The number of hydrogen-bond donors (Lipinski definition) is 1. The Hall–Kier alpha value is -1.58. The lowest BCUT2D eigenvalue weighted by Crippen LogP contribution is -1.90. The number of rotatable bonds is 3. The van der Waals surface area contributed by atoms with E-state index in [9.17, 15) is 0 Å². The van der Waals surface area contributed by atoms with Crippen LogP contribution in [0.3, 0.4) is 0 Å². The van der Waals surface area contributed by atoms with Gasteiger partial charge in [-0.05, 0) is 24.3 Å². The van der Waals surface area contributed by atoms with E-state index in [0.717, 1.165) is 11.3 Å². The SMILES string of the molecule is Clc1ccc(N/N=C\c2cccnc2)cc1Cl. The summed E-state index contributed by atoms with van der Waals surface area (Å²) in [5.74, 6) is 0. The predicted octanol–water partition coefficient (Wildman–Crippen LogP) is 3.83. The number of hydrogen-bond acceptors (Lipinski definition) is 3. The summed E-state index contributed by atoms with van der Waals surface area (Å²) >= 11 is 11.7.